The summed E-state index contributed by atoms with van der Waals surface area (Å²) < 4.78 is 0. The first-order valence-corrected chi connectivity index (χ1v) is 7.87. The summed E-state index contributed by atoms with van der Waals surface area (Å²) in [6, 6.07) is 18.3. The van der Waals surface area contributed by atoms with E-state index in [0.717, 1.165) is 23.1 Å². The molecule has 0 saturated carbocycles. The van der Waals surface area contributed by atoms with Gasteiger partial charge >= 0.3 is 11.9 Å². The van der Waals surface area contributed by atoms with Crippen molar-refractivity contribution in [3.8, 4) is 22.3 Å². The van der Waals surface area contributed by atoms with Crippen molar-refractivity contribution in [3.63, 3.8) is 0 Å². The van der Waals surface area contributed by atoms with Gasteiger partial charge in [0.1, 0.15) is 0 Å². The lowest BCUT2D eigenvalue weighted by molar-refractivity contribution is 0.0696. The second-order valence-electron chi connectivity index (χ2n) is 6.07. The molecule has 0 aliphatic heterocycles. The van der Waals surface area contributed by atoms with Crippen LogP contribution in [0.3, 0.4) is 0 Å². The number of fused-ring (bicyclic) bond motifs is 3. The topological polar surface area (TPSA) is 74.6 Å². The Morgan fingerprint density at radius 2 is 1.32 bits per heavy atom. The molecule has 1 aliphatic carbocycles. The zero-order valence-electron chi connectivity index (χ0n) is 13.2. The number of aromatic carboxylic acids is 2. The van der Waals surface area contributed by atoms with E-state index in [2.05, 4.69) is 12.1 Å². The first kappa shape index (κ1) is 15.1. The predicted octanol–water partition coefficient (Wildman–Crippen LogP) is 4.32. The average Bonchev–Trinajstić information content (AvgIpc) is 3.00. The molecule has 4 rings (SSSR count). The van der Waals surface area contributed by atoms with E-state index in [4.69, 9.17) is 0 Å². The highest BCUT2D eigenvalue weighted by molar-refractivity contribution is 5.97. The molecule has 1 aliphatic rings. The molecule has 0 spiro atoms. The highest BCUT2D eigenvalue weighted by Gasteiger charge is 2.22. The fourth-order valence-corrected chi connectivity index (χ4v) is 3.46. The van der Waals surface area contributed by atoms with Crippen LogP contribution in [0.5, 0.6) is 0 Å². The molecule has 0 fully saturated rings. The summed E-state index contributed by atoms with van der Waals surface area (Å²) in [4.78, 5) is 22.8. The van der Waals surface area contributed by atoms with E-state index in [1.165, 1.54) is 29.3 Å². The summed E-state index contributed by atoms with van der Waals surface area (Å²) in [6.45, 7) is 0. The molecule has 25 heavy (non-hydrogen) atoms. The summed E-state index contributed by atoms with van der Waals surface area (Å²) in [6.07, 6.45) is 0.751. The summed E-state index contributed by atoms with van der Waals surface area (Å²) >= 11 is 0. The van der Waals surface area contributed by atoms with Crippen molar-refractivity contribution in [3.05, 3.63) is 82.9 Å². The number of hydrogen-bond donors (Lipinski definition) is 2. The Labute approximate surface area is 144 Å². The van der Waals surface area contributed by atoms with E-state index in [1.807, 2.05) is 30.3 Å². The van der Waals surface area contributed by atoms with Crippen LogP contribution >= 0.6 is 0 Å². The summed E-state index contributed by atoms with van der Waals surface area (Å²) in [7, 11) is 0. The molecule has 3 aromatic rings. The number of carbonyl (C=O) groups is 2. The van der Waals surface area contributed by atoms with E-state index >= 15 is 0 Å². The van der Waals surface area contributed by atoms with E-state index in [-0.39, 0.29) is 11.1 Å². The summed E-state index contributed by atoms with van der Waals surface area (Å²) in [5.74, 6) is -2.28. The van der Waals surface area contributed by atoms with Gasteiger partial charge in [-0.15, -0.1) is 0 Å². The van der Waals surface area contributed by atoms with Gasteiger partial charge in [0.05, 0.1) is 11.1 Å². The Hall–Kier alpha value is -3.40. The Balaban J connectivity index is 1.93. The van der Waals surface area contributed by atoms with Gasteiger partial charge in [0, 0.05) is 0 Å². The van der Waals surface area contributed by atoms with Crippen LogP contribution in [-0.2, 0) is 6.42 Å². The van der Waals surface area contributed by atoms with Gasteiger partial charge in [0.2, 0.25) is 0 Å². The Morgan fingerprint density at radius 3 is 2.00 bits per heavy atom. The first-order chi connectivity index (χ1) is 12.0. The molecule has 3 aromatic carbocycles. The zero-order valence-corrected chi connectivity index (χ0v) is 13.2. The van der Waals surface area contributed by atoms with Crippen molar-refractivity contribution in [2.75, 3.05) is 0 Å². The van der Waals surface area contributed by atoms with Crippen molar-refractivity contribution >= 4 is 11.9 Å². The second kappa shape index (κ2) is 5.60. The van der Waals surface area contributed by atoms with Crippen LogP contribution < -0.4 is 0 Å². The zero-order chi connectivity index (χ0) is 17.6. The smallest absolute Gasteiger partial charge is 0.335 e. The van der Waals surface area contributed by atoms with Crippen LogP contribution in [0.25, 0.3) is 22.3 Å². The molecule has 0 radical (unpaired) electrons. The van der Waals surface area contributed by atoms with Gasteiger partial charge in [-0.05, 0) is 58.0 Å². The largest absolute Gasteiger partial charge is 0.478 e. The molecule has 0 unspecified atom stereocenters. The predicted molar refractivity (Wildman–Crippen MR) is 94.0 cm³/mol. The van der Waals surface area contributed by atoms with Crippen molar-refractivity contribution in [1.29, 1.82) is 0 Å². The van der Waals surface area contributed by atoms with Crippen molar-refractivity contribution in [2.45, 2.75) is 6.42 Å². The van der Waals surface area contributed by atoms with Gasteiger partial charge in [-0.2, -0.15) is 0 Å². The van der Waals surface area contributed by atoms with Crippen LogP contribution in [0.4, 0.5) is 0 Å². The number of hydrogen-bond acceptors (Lipinski definition) is 2. The maximum Gasteiger partial charge on any atom is 0.335 e. The van der Waals surface area contributed by atoms with Crippen LogP contribution in [0.1, 0.15) is 31.8 Å². The molecule has 4 heteroatoms. The number of carboxylic acid groups (broad SMARTS) is 2. The second-order valence-corrected chi connectivity index (χ2v) is 6.07. The van der Waals surface area contributed by atoms with Crippen molar-refractivity contribution < 1.29 is 19.8 Å². The molecular formula is C21H14O4. The molecule has 0 saturated heterocycles. The normalized spacial score (nSPS) is 11.7. The van der Waals surface area contributed by atoms with Gasteiger partial charge in [0.25, 0.3) is 0 Å². The lowest BCUT2D eigenvalue weighted by Crippen LogP contribution is -2.03. The third-order valence-electron chi connectivity index (χ3n) is 4.59. The van der Waals surface area contributed by atoms with E-state index in [9.17, 15) is 19.8 Å². The lowest BCUT2D eigenvalue weighted by atomic mass is 9.93. The van der Waals surface area contributed by atoms with Gasteiger partial charge in [-0.1, -0.05) is 42.5 Å². The lowest BCUT2D eigenvalue weighted by Gasteiger charge is -2.11. The minimum Gasteiger partial charge on any atom is -0.478 e. The summed E-state index contributed by atoms with van der Waals surface area (Å²) in [5.41, 5.74) is 6.05. The molecule has 122 valence electrons. The van der Waals surface area contributed by atoms with Crippen LogP contribution in [-0.4, -0.2) is 22.2 Å². The molecule has 0 bridgehead atoms. The van der Waals surface area contributed by atoms with E-state index in [0.29, 0.717) is 5.56 Å². The molecule has 0 heterocycles. The minimum absolute atomic E-state index is 0.0250. The van der Waals surface area contributed by atoms with Gasteiger partial charge < -0.3 is 10.2 Å². The number of rotatable bonds is 3. The third kappa shape index (κ3) is 2.48. The summed E-state index contributed by atoms with van der Waals surface area (Å²) in [5, 5.41) is 18.6. The van der Waals surface area contributed by atoms with Crippen LogP contribution in [0.2, 0.25) is 0 Å². The fourth-order valence-electron chi connectivity index (χ4n) is 3.46. The van der Waals surface area contributed by atoms with Crippen molar-refractivity contribution in [2.24, 2.45) is 0 Å². The highest BCUT2D eigenvalue weighted by Crippen LogP contribution is 2.41. The number of benzene rings is 3. The van der Waals surface area contributed by atoms with Crippen LogP contribution in [0.15, 0.2) is 60.7 Å². The molecular weight excluding hydrogens is 316 g/mol. The molecule has 0 aromatic heterocycles. The number of carboxylic acids is 2. The standard InChI is InChI=1S/C21H14O4/c22-20(23)14-8-13(9-15(10-14)21(24)25)17-6-3-7-18-16-5-2-1-4-12(16)11-19(17)18/h1-10H,11H2,(H,22,23)(H,24,25). The monoisotopic (exact) mass is 330 g/mol. The van der Waals surface area contributed by atoms with E-state index < -0.39 is 11.9 Å². The molecule has 2 N–H and O–H groups in total. The van der Waals surface area contributed by atoms with Gasteiger partial charge in [0.15, 0.2) is 0 Å². The van der Waals surface area contributed by atoms with Crippen LogP contribution in [0, 0.1) is 0 Å². The SMILES string of the molecule is O=C(O)c1cc(C(=O)O)cc(-c2cccc3c2Cc2ccccc2-3)c1. The highest BCUT2D eigenvalue weighted by atomic mass is 16.4. The Kier molecular flexibility index (Phi) is 3.39. The van der Waals surface area contributed by atoms with E-state index in [1.54, 1.807) is 0 Å². The molecule has 0 amide bonds. The third-order valence-corrected chi connectivity index (χ3v) is 4.59. The average molecular weight is 330 g/mol. The quantitative estimate of drug-likeness (QED) is 0.586. The van der Waals surface area contributed by atoms with Gasteiger partial charge in [-0.25, -0.2) is 9.59 Å². The minimum atomic E-state index is -1.14. The van der Waals surface area contributed by atoms with Gasteiger partial charge in [-0.3, -0.25) is 0 Å². The maximum atomic E-state index is 11.4. The molecule has 4 nitrogen and oxygen atoms in total. The molecule has 0 atom stereocenters. The first-order valence-electron chi connectivity index (χ1n) is 7.87. The fraction of sp³-hybridized carbons (Fsp3) is 0.0476. The Morgan fingerprint density at radius 1 is 0.720 bits per heavy atom. The maximum absolute atomic E-state index is 11.4. The van der Waals surface area contributed by atoms with Crippen molar-refractivity contribution in [1.82, 2.24) is 0 Å². The Bertz CT molecular complexity index is 1000.